The lowest BCUT2D eigenvalue weighted by atomic mass is 10.0. The highest BCUT2D eigenvalue weighted by Crippen LogP contribution is 2.48. The predicted octanol–water partition coefficient (Wildman–Crippen LogP) is 4.88. The van der Waals surface area contributed by atoms with Gasteiger partial charge in [0.2, 0.25) is 0 Å². The van der Waals surface area contributed by atoms with Crippen molar-refractivity contribution < 1.29 is 22.0 Å². The molecular weight excluding hydrogens is 307 g/mol. The number of alkyl halides is 6. The normalized spacial score (nSPS) is 14.8. The van der Waals surface area contributed by atoms with Crippen molar-refractivity contribution in [1.29, 1.82) is 0 Å². The van der Waals surface area contributed by atoms with Crippen LogP contribution in [0.4, 0.5) is 22.0 Å². The molecule has 1 aromatic rings. The monoisotopic (exact) mass is 316 g/mol. The second-order valence-corrected chi connectivity index (χ2v) is 4.49. The molecule has 1 rings (SSSR count). The van der Waals surface area contributed by atoms with E-state index in [0.29, 0.717) is 6.42 Å². The van der Waals surface area contributed by atoms with Crippen molar-refractivity contribution in [2.75, 3.05) is 0 Å². The standard InChI is InChI=1S/C11H10BrF5/c1-2-7-3-5-8(6-4-7)9(12)10(13,14)11(15,16)17/h3-6,9H,2H2,1H3. The van der Waals surface area contributed by atoms with Gasteiger partial charge < -0.3 is 0 Å². The van der Waals surface area contributed by atoms with Gasteiger partial charge in [-0.1, -0.05) is 47.1 Å². The van der Waals surface area contributed by atoms with Crippen LogP contribution in [-0.4, -0.2) is 12.1 Å². The molecule has 0 aromatic heterocycles. The Bertz CT molecular complexity index is 368. The number of halogens is 6. The fourth-order valence-corrected chi connectivity index (χ4v) is 1.84. The summed E-state index contributed by atoms with van der Waals surface area (Å²) in [5.74, 6) is -4.79. The van der Waals surface area contributed by atoms with E-state index in [1.165, 1.54) is 24.3 Å². The molecule has 0 saturated carbocycles. The van der Waals surface area contributed by atoms with Gasteiger partial charge in [-0.2, -0.15) is 22.0 Å². The Labute approximate surface area is 104 Å². The molecule has 6 heteroatoms. The molecule has 17 heavy (non-hydrogen) atoms. The molecule has 0 aliphatic carbocycles. The second-order valence-electron chi connectivity index (χ2n) is 3.58. The fourth-order valence-electron chi connectivity index (χ4n) is 1.28. The zero-order valence-corrected chi connectivity index (χ0v) is 10.4. The van der Waals surface area contributed by atoms with Crippen molar-refractivity contribution in [2.45, 2.75) is 30.3 Å². The van der Waals surface area contributed by atoms with Crippen molar-refractivity contribution in [3.05, 3.63) is 35.4 Å². The smallest absolute Gasteiger partial charge is 0.195 e. The highest BCUT2D eigenvalue weighted by atomic mass is 79.9. The molecule has 1 aromatic carbocycles. The Hall–Kier alpha value is -0.650. The molecule has 0 bridgehead atoms. The summed E-state index contributed by atoms with van der Waals surface area (Å²) < 4.78 is 62.4. The summed E-state index contributed by atoms with van der Waals surface area (Å²) in [6.45, 7) is 1.87. The van der Waals surface area contributed by atoms with E-state index < -0.39 is 16.9 Å². The summed E-state index contributed by atoms with van der Waals surface area (Å²) in [7, 11) is 0. The quantitative estimate of drug-likeness (QED) is 0.550. The van der Waals surface area contributed by atoms with Crippen LogP contribution < -0.4 is 0 Å². The molecule has 0 saturated heterocycles. The highest BCUT2D eigenvalue weighted by molar-refractivity contribution is 9.09. The summed E-state index contributed by atoms with van der Waals surface area (Å²) >= 11 is 2.42. The summed E-state index contributed by atoms with van der Waals surface area (Å²) in [5.41, 5.74) is 0.785. The summed E-state index contributed by atoms with van der Waals surface area (Å²) in [6, 6.07) is 5.63. The van der Waals surface area contributed by atoms with Crippen LogP contribution >= 0.6 is 15.9 Å². The third-order valence-corrected chi connectivity index (χ3v) is 3.48. The van der Waals surface area contributed by atoms with Crippen molar-refractivity contribution in [2.24, 2.45) is 0 Å². The zero-order chi connectivity index (χ0) is 13.3. The molecule has 96 valence electrons. The molecule has 1 atom stereocenters. The van der Waals surface area contributed by atoms with Crippen LogP contribution in [0.1, 0.15) is 22.9 Å². The van der Waals surface area contributed by atoms with Crippen molar-refractivity contribution in [3.8, 4) is 0 Å². The lowest BCUT2D eigenvalue weighted by Crippen LogP contribution is -2.39. The van der Waals surface area contributed by atoms with Gasteiger partial charge in [-0.3, -0.25) is 0 Å². The van der Waals surface area contributed by atoms with Crippen LogP contribution in [0.15, 0.2) is 24.3 Å². The number of hydrogen-bond acceptors (Lipinski definition) is 0. The summed E-state index contributed by atoms with van der Waals surface area (Å²) in [5, 5.41) is 0. The van der Waals surface area contributed by atoms with Gasteiger partial charge in [0, 0.05) is 0 Å². The van der Waals surface area contributed by atoms with Gasteiger partial charge in [-0.25, -0.2) is 0 Å². The molecular formula is C11H10BrF5. The van der Waals surface area contributed by atoms with E-state index >= 15 is 0 Å². The average molecular weight is 317 g/mol. The van der Waals surface area contributed by atoms with Crippen molar-refractivity contribution in [3.63, 3.8) is 0 Å². The van der Waals surface area contributed by atoms with Gasteiger partial charge in [0.1, 0.15) is 4.83 Å². The number of aryl methyl sites for hydroxylation is 1. The molecule has 0 heterocycles. The first-order valence-corrected chi connectivity index (χ1v) is 5.79. The Balaban J connectivity index is 2.99. The molecule has 0 nitrogen and oxygen atoms in total. The molecule has 1 unspecified atom stereocenters. The SMILES string of the molecule is CCc1ccc(C(Br)C(F)(F)C(F)(F)F)cc1. The minimum atomic E-state index is -5.56. The molecule has 0 fully saturated rings. The largest absolute Gasteiger partial charge is 0.454 e. The molecule has 0 aliphatic heterocycles. The van der Waals surface area contributed by atoms with Gasteiger partial charge in [-0.15, -0.1) is 0 Å². The van der Waals surface area contributed by atoms with E-state index in [4.69, 9.17) is 0 Å². The molecule has 0 radical (unpaired) electrons. The second kappa shape index (κ2) is 4.92. The van der Waals surface area contributed by atoms with E-state index in [1.807, 2.05) is 6.92 Å². The summed E-state index contributed by atoms with van der Waals surface area (Å²) in [4.78, 5) is -2.07. The first-order valence-electron chi connectivity index (χ1n) is 4.87. The van der Waals surface area contributed by atoms with Gasteiger partial charge in [0.05, 0.1) is 0 Å². The third kappa shape index (κ3) is 2.97. The van der Waals surface area contributed by atoms with Crippen molar-refractivity contribution >= 4 is 15.9 Å². The Morgan fingerprint density at radius 3 is 1.88 bits per heavy atom. The summed E-state index contributed by atoms with van der Waals surface area (Å²) in [6.07, 6.45) is -4.87. The van der Waals surface area contributed by atoms with Gasteiger partial charge in [0.15, 0.2) is 0 Å². The lowest BCUT2D eigenvalue weighted by molar-refractivity contribution is -0.281. The van der Waals surface area contributed by atoms with E-state index in [9.17, 15) is 22.0 Å². The van der Waals surface area contributed by atoms with Crippen LogP contribution in [0.3, 0.4) is 0 Å². The topological polar surface area (TPSA) is 0 Å². The van der Waals surface area contributed by atoms with Crippen LogP contribution in [-0.2, 0) is 6.42 Å². The maximum Gasteiger partial charge on any atom is 0.454 e. The average Bonchev–Trinajstić information content (AvgIpc) is 2.26. The van der Waals surface area contributed by atoms with E-state index in [-0.39, 0.29) is 5.56 Å². The van der Waals surface area contributed by atoms with Crippen LogP contribution in [0, 0.1) is 0 Å². The first kappa shape index (κ1) is 14.4. The molecule has 0 spiro atoms. The Kier molecular flexibility index (Phi) is 4.17. The number of benzene rings is 1. The Morgan fingerprint density at radius 1 is 1.06 bits per heavy atom. The van der Waals surface area contributed by atoms with Gasteiger partial charge in [0.25, 0.3) is 0 Å². The lowest BCUT2D eigenvalue weighted by Gasteiger charge is -2.24. The van der Waals surface area contributed by atoms with Gasteiger partial charge >= 0.3 is 12.1 Å². The van der Waals surface area contributed by atoms with Crippen LogP contribution in [0.5, 0.6) is 0 Å². The third-order valence-electron chi connectivity index (χ3n) is 2.38. The molecule has 0 N–H and O–H groups in total. The van der Waals surface area contributed by atoms with Crippen molar-refractivity contribution in [1.82, 2.24) is 0 Å². The highest BCUT2D eigenvalue weighted by Gasteiger charge is 2.62. The maximum absolute atomic E-state index is 13.0. The fraction of sp³-hybridized carbons (Fsp3) is 0.455. The number of rotatable bonds is 3. The van der Waals surface area contributed by atoms with E-state index in [0.717, 1.165) is 5.56 Å². The minimum Gasteiger partial charge on any atom is -0.195 e. The van der Waals surface area contributed by atoms with Gasteiger partial charge in [-0.05, 0) is 17.5 Å². The Morgan fingerprint density at radius 2 is 1.53 bits per heavy atom. The predicted molar refractivity (Wildman–Crippen MR) is 58.5 cm³/mol. The zero-order valence-electron chi connectivity index (χ0n) is 8.86. The van der Waals surface area contributed by atoms with Crippen LogP contribution in [0.2, 0.25) is 0 Å². The van der Waals surface area contributed by atoms with E-state index in [2.05, 4.69) is 15.9 Å². The maximum atomic E-state index is 13.0. The molecule has 0 amide bonds. The molecule has 0 aliphatic rings. The van der Waals surface area contributed by atoms with E-state index in [1.54, 1.807) is 0 Å². The van der Waals surface area contributed by atoms with Crippen LogP contribution in [0.25, 0.3) is 0 Å². The number of hydrogen-bond donors (Lipinski definition) is 0. The minimum absolute atomic E-state index is 0.0930. The first-order chi connectivity index (χ1) is 7.70.